The quantitative estimate of drug-likeness (QED) is 0.855. The van der Waals surface area contributed by atoms with Crippen molar-refractivity contribution < 1.29 is 8.42 Å². The van der Waals surface area contributed by atoms with E-state index in [0.29, 0.717) is 18.0 Å². The van der Waals surface area contributed by atoms with E-state index >= 15 is 0 Å². The van der Waals surface area contributed by atoms with Gasteiger partial charge in [-0.05, 0) is 43.0 Å². The predicted octanol–water partition coefficient (Wildman–Crippen LogP) is 2.78. The van der Waals surface area contributed by atoms with Crippen molar-refractivity contribution in [1.82, 2.24) is 4.31 Å². The second-order valence-electron chi connectivity index (χ2n) is 5.49. The summed E-state index contributed by atoms with van der Waals surface area (Å²) in [6.45, 7) is 3.05. The molecule has 1 aliphatic rings. The highest BCUT2D eigenvalue weighted by atomic mass is 32.2. The SMILES string of the molecule is Cc1ccc(S(=O)(=O)N2CCc3ccccc3CC2)cc1. The minimum absolute atomic E-state index is 0.388. The molecule has 110 valence electrons. The van der Waals surface area contributed by atoms with Crippen LogP contribution in [0.1, 0.15) is 16.7 Å². The molecule has 2 aromatic rings. The lowest BCUT2D eigenvalue weighted by Crippen LogP contribution is -2.33. The summed E-state index contributed by atoms with van der Waals surface area (Å²) in [7, 11) is -3.39. The summed E-state index contributed by atoms with van der Waals surface area (Å²) >= 11 is 0. The van der Waals surface area contributed by atoms with Crippen molar-refractivity contribution in [2.24, 2.45) is 0 Å². The maximum Gasteiger partial charge on any atom is 0.243 e. The first-order valence-corrected chi connectivity index (χ1v) is 8.65. The van der Waals surface area contributed by atoms with Crippen molar-refractivity contribution >= 4 is 10.0 Å². The minimum atomic E-state index is -3.39. The van der Waals surface area contributed by atoms with Crippen molar-refractivity contribution in [2.75, 3.05) is 13.1 Å². The number of sulfonamides is 1. The third-order valence-corrected chi connectivity index (χ3v) is 5.95. The van der Waals surface area contributed by atoms with Crippen LogP contribution in [0.2, 0.25) is 0 Å². The molecule has 4 heteroatoms. The first-order chi connectivity index (χ1) is 10.1. The van der Waals surface area contributed by atoms with Gasteiger partial charge in [-0.1, -0.05) is 42.0 Å². The predicted molar refractivity (Wildman–Crippen MR) is 83.8 cm³/mol. The van der Waals surface area contributed by atoms with Crippen LogP contribution in [-0.4, -0.2) is 25.8 Å². The molecule has 0 atom stereocenters. The largest absolute Gasteiger partial charge is 0.243 e. The lowest BCUT2D eigenvalue weighted by molar-refractivity contribution is 0.426. The minimum Gasteiger partial charge on any atom is -0.207 e. The highest BCUT2D eigenvalue weighted by Crippen LogP contribution is 2.21. The maximum atomic E-state index is 12.7. The molecule has 1 heterocycles. The van der Waals surface area contributed by atoms with E-state index in [0.717, 1.165) is 18.4 Å². The molecule has 0 aliphatic carbocycles. The number of benzene rings is 2. The van der Waals surface area contributed by atoms with Gasteiger partial charge in [0.15, 0.2) is 0 Å². The molecule has 0 unspecified atom stereocenters. The topological polar surface area (TPSA) is 37.4 Å². The molecule has 0 fully saturated rings. The number of rotatable bonds is 2. The van der Waals surface area contributed by atoms with E-state index < -0.39 is 10.0 Å². The van der Waals surface area contributed by atoms with Gasteiger partial charge in [0.25, 0.3) is 0 Å². The Labute approximate surface area is 126 Å². The van der Waals surface area contributed by atoms with Gasteiger partial charge in [0, 0.05) is 13.1 Å². The normalized spacial score (nSPS) is 16.2. The third kappa shape index (κ3) is 2.87. The summed E-state index contributed by atoms with van der Waals surface area (Å²) in [5, 5.41) is 0. The fraction of sp³-hybridized carbons (Fsp3) is 0.294. The van der Waals surface area contributed by atoms with E-state index in [-0.39, 0.29) is 0 Å². The van der Waals surface area contributed by atoms with E-state index in [4.69, 9.17) is 0 Å². The van der Waals surface area contributed by atoms with Gasteiger partial charge >= 0.3 is 0 Å². The Bertz CT molecular complexity index is 709. The average Bonchev–Trinajstić information content (AvgIpc) is 2.70. The van der Waals surface area contributed by atoms with Crippen LogP contribution < -0.4 is 0 Å². The fourth-order valence-corrected chi connectivity index (χ4v) is 4.19. The van der Waals surface area contributed by atoms with Crippen molar-refractivity contribution in [3.63, 3.8) is 0 Å². The molecule has 3 nitrogen and oxygen atoms in total. The summed E-state index contributed by atoms with van der Waals surface area (Å²) in [5.74, 6) is 0. The highest BCUT2D eigenvalue weighted by molar-refractivity contribution is 7.89. The van der Waals surface area contributed by atoms with Gasteiger partial charge in [-0.2, -0.15) is 4.31 Å². The number of hydrogen-bond acceptors (Lipinski definition) is 2. The third-order valence-electron chi connectivity index (χ3n) is 4.04. The summed E-state index contributed by atoms with van der Waals surface area (Å²) in [5.41, 5.74) is 3.59. The van der Waals surface area contributed by atoms with Crippen molar-refractivity contribution in [2.45, 2.75) is 24.7 Å². The highest BCUT2D eigenvalue weighted by Gasteiger charge is 2.26. The monoisotopic (exact) mass is 301 g/mol. The Morgan fingerprint density at radius 2 is 1.38 bits per heavy atom. The van der Waals surface area contributed by atoms with Gasteiger partial charge in [0.1, 0.15) is 0 Å². The fourth-order valence-electron chi connectivity index (χ4n) is 2.75. The summed E-state index contributed by atoms with van der Waals surface area (Å²) in [6, 6.07) is 15.3. The molecule has 21 heavy (non-hydrogen) atoms. The van der Waals surface area contributed by atoms with Crippen LogP contribution in [0.25, 0.3) is 0 Å². The van der Waals surface area contributed by atoms with Crippen molar-refractivity contribution in [3.8, 4) is 0 Å². The number of aryl methyl sites for hydroxylation is 1. The smallest absolute Gasteiger partial charge is 0.207 e. The van der Waals surface area contributed by atoms with E-state index in [1.807, 2.05) is 31.2 Å². The van der Waals surface area contributed by atoms with Gasteiger partial charge in [0.2, 0.25) is 10.0 Å². The molecule has 0 radical (unpaired) electrons. The van der Waals surface area contributed by atoms with Gasteiger partial charge in [-0.3, -0.25) is 0 Å². The molecule has 0 bridgehead atoms. The van der Waals surface area contributed by atoms with Crippen LogP contribution in [0.15, 0.2) is 53.4 Å². The second-order valence-corrected chi connectivity index (χ2v) is 7.42. The maximum absolute atomic E-state index is 12.7. The number of fused-ring (bicyclic) bond motifs is 1. The van der Waals surface area contributed by atoms with Crippen molar-refractivity contribution in [3.05, 3.63) is 65.2 Å². The Kier molecular flexibility index (Phi) is 3.83. The van der Waals surface area contributed by atoms with Crippen molar-refractivity contribution in [1.29, 1.82) is 0 Å². The summed E-state index contributed by atoms with van der Waals surface area (Å²) in [6.07, 6.45) is 1.56. The van der Waals surface area contributed by atoms with Gasteiger partial charge in [0.05, 0.1) is 4.90 Å². The molecule has 0 spiro atoms. The molecule has 2 aromatic carbocycles. The first kappa shape index (κ1) is 14.3. The van der Waals surface area contributed by atoms with E-state index in [1.54, 1.807) is 16.4 Å². The number of nitrogens with zero attached hydrogens (tertiary/aromatic N) is 1. The van der Waals surface area contributed by atoms with Crippen LogP contribution in [0.5, 0.6) is 0 Å². The molecule has 0 saturated heterocycles. The zero-order valence-corrected chi connectivity index (χ0v) is 12.9. The first-order valence-electron chi connectivity index (χ1n) is 7.21. The van der Waals surface area contributed by atoms with Gasteiger partial charge < -0.3 is 0 Å². The van der Waals surface area contributed by atoms with Crippen LogP contribution in [0.3, 0.4) is 0 Å². The van der Waals surface area contributed by atoms with E-state index in [9.17, 15) is 8.42 Å². The zero-order chi connectivity index (χ0) is 14.9. The molecule has 3 rings (SSSR count). The van der Waals surface area contributed by atoms with Gasteiger partial charge in [-0.25, -0.2) is 8.42 Å². The molecular formula is C17H19NO2S. The molecule has 1 aliphatic heterocycles. The van der Waals surface area contributed by atoms with E-state index in [2.05, 4.69) is 12.1 Å². The average molecular weight is 301 g/mol. The molecule has 0 saturated carbocycles. The Morgan fingerprint density at radius 1 is 0.857 bits per heavy atom. The van der Waals surface area contributed by atoms with Crippen LogP contribution in [-0.2, 0) is 22.9 Å². The Morgan fingerprint density at radius 3 is 1.90 bits per heavy atom. The zero-order valence-electron chi connectivity index (χ0n) is 12.1. The van der Waals surface area contributed by atoms with Crippen LogP contribution in [0, 0.1) is 6.92 Å². The summed E-state index contributed by atoms with van der Waals surface area (Å²) < 4.78 is 27.1. The Balaban J connectivity index is 1.86. The van der Waals surface area contributed by atoms with Gasteiger partial charge in [-0.15, -0.1) is 0 Å². The second kappa shape index (κ2) is 5.62. The van der Waals surface area contributed by atoms with E-state index in [1.165, 1.54) is 11.1 Å². The number of hydrogen-bond donors (Lipinski definition) is 0. The molecular weight excluding hydrogens is 282 g/mol. The molecule has 0 amide bonds. The molecule has 0 N–H and O–H groups in total. The lowest BCUT2D eigenvalue weighted by Gasteiger charge is -2.20. The standard InChI is InChI=1S/C17H19NO2S/c1-14-6-8-17(9-7-14)21(19,20)18-12-10-15-4-2-3-5-16(15)11-13-18/h2-9H,10-13H2,1H3. The lowest BCUT2D eigenvalue weighted by atomic mass is 10.0. The Hall–Kier alpha value is -1.65. The van der Waals surface area contributed by atoms with Crippen LogP contribution in [0.4, 0.5) is 0 Å². The summed E-state index contributed by atoms with van der Waals surface area (Å²) in [4.78, 5) is 0.388. The van der Waals surface area contributed by atoms with Crippen LogP contribution >= 0.6 is 0 Å². The molecule has 0 aromatic heterocycles.